The highest BCUT2D eigenvalue weighted by Gasteiger charge is 2.35. The van der Waals surface area contributed by atoms with E-state index in [9.17, 15) is 9.46 Å². The van der Waals surface area contributed by atoms with Crippen molar-refractivity contribution in [3.8, 4) is 22.8 Å². The van der Waals surface area contributed by atoms with Crippen molar-refractivity contribution in [1.82, 2.24) is 4.98 Å². The molecule has 6 nitrogen and oxygen atoms in total. The summed E-state index contributed by atoms with van der Waals surface area (Å²) in [6.45, 7) is 7.94. The second-order valence-electron chi connectivity index (χ2n) is 11.6. The van der Waals surface area contributed by atoms with E-state index in [1.165, 1.54) is 12.7 Å². The highest BCUT2D eigenvalue weighted by Crippen LogP contribution is 2.50. The van der Waals surface area contributed by atoms with Crippen LogP contribution in [0.2, 0.25) is 0 Å². The van der Waals surface area contributed by atoms with E-state index < -0.39 is 7.37 Å². The van der Waals surface area contributed by atoms with Crippen LogP contribution in [-0.2, 0) is 15.9 Å². The van der Waals surface area contributed by atoms with E-state index >= 15 is 4.39 Å². The Balaban J connectivity index is 1.64. The SMILES string of the molecule is COc1ccc(F)c(-c2ccc(COc3cc(C(CP(C)(=O)O)C4CC4)ccn3)cc2C(OC)C(C)(C)C)c1. The largest absolute Gasteiger partial charge is 0.497 e. The van der Waals surface area contributed by atoms with Gasteiger partial charge in [-0.15, -0.1) is 0 Å². The summed E-state index contributed by atoms with van der Waals surface area (Å²) in [4.78, 5) is 14.4. The summed E-state index contributed by atoms with van der Waals surface area (Å²) in [6, 6.07) is 14.3. The first-order chi connectivity index (χ1) is 18.4. The Kier molecular flexibility index (Phi) is 8.85. The van der Waals surface area contributed by atoms with Gasteiger partial charge in [-0.1, -0.05) is 32.9 Å². The summed E-state index contributed by atoms with van der Waals surface area (Å²) in [7, 11) is 0.0680. The first-order valence-corrected chi connectivity index (χ1v) is 15.6. The molecular weight excluding hydrogens is 516 g/mol. The van der Waals surface area contributed by atoms with E-state index in [0.717, 1.165) is 35.1 Å². The van der Waals surface area contributed by atoms with Crippen LogP contribution in [0.3, 0.4) is 0 Å². The van der Waals surface area contributed by atoms with Gasteiger partial charge in [0.2, 0.25) is 5.88 Å². The first kappa shape index (κ1) is 29.3. The van der Waals surface area contributed by atoms with E-state index in [-0.39, 0.29) is 36.0 Å². The molecule has 1 aliphatic carbocycles. The lowest BCUT2D eigenvalue weighted by Crippen LogP contribution is -2.21. The van der Waals surface area contributed by atoms with Gasteiger partial charge in [0.05, 0.1) is 13.2 Å². The van der Waals surface area contributed by atoms with Crippen LogP contribution in [0.1, 0.15) is 62.3 Å². The molecule has 39 heavy (non-hydrogen) atoms. The van der Waals surface area contributed by atoms with Gasteiger partial charge >= 0.3 is 0 Å². The molecule has 3 unspecified atom stereocenters. The Labute approximate surface area is 231 Å². The van der Waals surface area contributed by atoms with Gasteiger partial charge in [0.15, 0.2) is 7.37 Å². The topological polar surface area (TPSA) is 77.9 Å². The van der Waals surface area contributed by atoms with Crippen molar-refractivity contribution in [2.75, 3.05) is 27.0 Å². The number of halogens is 1. The Morgan fingerprint density at radius 2 is 1.82 bits per heavy atom. The number of hydrogen-bond acceptors (Lipinski definition) is 5. The maximum Gasteiger partial charge on any atom is 0.213 e. The molecule has 0 amide bonds. The predicted octanol–water partition coefficient (Wildman–Crippen LogP) is 7.60. The molecule has 4 rings (SSSR count). The fourth-order valence-corrected chi connectivity index (χ4v) is 6.47. The minimum Gasteiger partial charge on any atom is -0.497 e. The summed E-state index contributed by atoms with van der Waals surface area (Å²) < 4.78 is 44.6. The van der Waals surface area contributed by atoms with Crippen LogP contribution in [0, 0.1) is 17.2 Å². The van der Waals surface area contributed by atoms with Crippen molar-refractivity contribution in [1.29, 1.82) is 0 Å². The lowest BCUT2D eigenvalue weighted by molar-refractivity contribution is 0.0155. The fraction of sp³-hybridized carbons (Fsp3) is 0.452. The summed E-state index contributed by atoms with van der Waals surface area (Å²) in [5.74, 6) is 1.15. The standard InChI is InChI=1S/C31H39FNO5P/c1-31(2,3)30(37-5)26-15-20(7-11-24(26)25-17-23(36-4)10-12-28(25)32)18-38-29-16-22(13-14-33-29)27(21-8-9-21)19-39(6,34)35/h7,10-17,21,27,30H,8-9,18-19H2,1-6H3,(H,34,35). The van der Waals surface area contributed by atoms with Crippen LogP contribution in [0.4, 0.5) is 4.39 Å². The quantitative estimate of drug-likeness (QED) is 0.246. The minimum absolute atomic E-state index is 0.0223. The molecule has 3 aromatic rings. The molecule has 210 valence electrons. The molecule has 1 saturated carbocycles. The molecule has 0 saturated heterocycles. The summed E-state index contributed by atoms with van der Waals surface area (Å²) >= 11 is 0. The highest BCUT2D eigenvalue weighted by molar-refractivity contribution is 7.57. The average molecular weight is 556 g/mol. The number of benzene rings is 2. The van der Waals surface area contributed by atoms with Crippen molar-refractivity contribution in [3.63, 3.8) is 0 Å². The smallest absolute Gasteiger partial charge is 0.213 e. The van der Waals surface area contributed by atoms with Crippen molar-refractivity contribution in [2.24, 2.45) is 11.3 Å². The third kappa shape index (κ3) is 7.47. The number of ether oxygens (including phenoxy) is 3. The molecule has 0 spiro atoms. The van der Waals surface area contributed by atoms with Crippen LogP contribution < -0.4 is 9.47 Å². The number of pyridine rings is 1. The van der Waals surface area contributed by atoms with Gasteiger partial charge in [-0.25, -0.2) is 9.37 Å². The van der Waals surface area contributed by atoms with Crippen molar-refractivity contribution < 1.29 is 28.1 Å². The van der Waals surface area contributed by atoms with Crippen LogP contribution >= 0.6 is 7.37 Å². The molecule has 0 aliphatic heterocycles. The maximum absolute atomic E-state index is 15.0. The number of hydrogen-bond donors (Lipinski definition) is 1. The van der Waals surface area contributed by atoms with Crippen LogP contribution in [0.25, 0.3) is 11.1 Å². The van der Waals surface area contributed by atoms with E-state index in [1.807, 2.05) is 30.3 Å². The summed E-state index contributed by atoms with van der Waals surface area (Å²) in [5.41, 5.74) is 3.66. The fourth-order valence-electron chi connectivity index (χ4n) is 5.23. The molecule has 1 heterocycles. The second kappa shape index (κ2) is 11.8. The molecule has 1 aliphatic rings. The molecular formula is C31H39FNO5P. The van der Waals surface area contributed by atoms with E-state index in [4.69, 9.17) is 14.2 Å². The molecule has 0 bridgehead atoms. The number of aromatic nitrogens is 1. The van der Waals surface area contributed by atoms with Gasteiger partial charge in [-0.05, 0) is 82.7 Å². The van der Waals surface area contributed by atoms with Crippen LogP contribution in [0.15, 0.2) is 54.7 Å². The summed E-state index contributed by atoms with van der Waals surface area (Å²) in [6.07, 6.45) is 3.79. The normalized spacial score (nSPS) is 16.8. The van der Waals surface area contributed by atoms with Gasteiger partial charge in [0.25, 0.3) is 0 Å². The van der Waals surface area contributed by atoms with Crippen molar-refractivity contribution in [2.45, 2.75) is 52.2 Å². The lowest BCUT2D eigenvalue weighted by atomic mass is 9.81. The molecule has 2 aromatic carbocycles. The van der Waals surface area contributed by atoms with E-state index in [0.29, 0.717) is 23.1 Å². The Morgan fingerprint density at radius 3 is 2.44 bits per heavy atom. The highest BCUT2D eigenvalue weighted by atomic mass is 31.2. The van der Waals surface area contributed by atoms with Gasteiger partial charge in [0.1, 0.15) is 18.2 Å². The zero-order valence-corrected chi connectivity index (χ0v) is 24.5. The third-order valence-corrected chi connectivity index (χ3v) is 8.26. The zero-order chi connectivity index (χ0) is 28.4. The van der Waals surface area contributed by atoms with Crippen molar-refractivity contribution >= 4 is 7.37 Å². The van der Waals surface area contributed by atoms with Crippen molar-refractivity contribution in [3.05, 3.63) is 77.2 Å². The van der Waals surface area contributed by atoms with Gasteiger partial charge in [-0.2, -0.15) is 0 Å². The molecule has 1 fully saturated rings. The van der Waals surface area contributed by atoms with E-state index in [1.54, 1.807) is 32.5 Å². The number of methoxy groups -OCH3 is 2. The molecule has 3 atom stereocenters. The average Bonchev–Trinajstić information content (AvgIpc) is 3.71. The van der Waals surface area contributed by atoms with E-state index in [2.05, 4.69) is 25.8 Å². The maximum atomic E-state index is 15.0. The minimum atomic E-state index is -3.16. The molecule has 8 heteroatoms. The Hall–Kier alpha value is -2.73. The number of rotatable bonds is 11. The van der Waals surface area contributed by atoms with Crippen LogP contribution in [0.5, 0.6) is 11.6 Å². The van der Waals surface area contributed by atoms with Crippen LogP contribution in [-0.4, -0.2) is 36.9 Å². The number of nitrogens with zero attached hydrogens (tertiary/aromatic N) is 1. The third-order valence-electron chi connectivity index (χ3n) is 7.18. The lowest BCUT2D eigenvalue weighted by Gasteiger charge is -2.32. The summed E-state index contributed by atoms with van der Waals surface area (Å²) in [5, 5.41) is 0. The Morgan fingerprint density at radius 1 is 1.08 bits per heavy atom. The van der Waals surface area contributed by atoms with Gasteiger partial charge in [-0.3, -0.25) is 4.57 Å². The monoisotopic (exact) mass is 555 g/mol. The molecule has 1 N–H and O–H groups in total. The Bertz CT molecular complexity index is 1350. The van der Waals surface area contributed by atoms with Gasteiger partial charge in [0, 0.05) is 37.8 Å². The van der Waals surface area contributed by atoms with Gasteiger partial charge < -0.3 is 19.1 Å². The second-order valence-corrected chi connectivity index (χ2v) is 14.1. The first-order valence-electron chi connectivity index (χ1n) is 13.3. The molecule has 0 radical (unpaired) electrons. The molecule has 1 aromatic heterocycles. The zero-order valence-electron chi connectivity index (χ0n) is 23.6. The predicted molar refractivity (Wildman–Crippen MR) is 152 cm³/mol.